The standard InChI is InChI=1S/C23H30N4O3/c1-26-15-20(22(28)24-18-6-8-19(30-2)9-7-18)21(25-26)14-16-10-12-27(13-11-16)23(29)17-4-3-5-17/h6-9,15-17H,3-5,10-14H2,1-2H3,(H,24,28). The van der Waals surface area contributed by atoms with E-state index in [1.165, 1.54) is 6.42 Å². The number of rotatable bonds is 6. The maximum Gasteiger partial charge on any atom is 0.259 e. The van der Waals surface area contributed by atoms with Gasteiger partial charge in [0.1, 0.15) is 5.75 Å². The fourth-order valence-corrected chi connectivity index (χ4v) is 4.29. The molecule has 0 spiro atoms. The number of benzene rings is 1. The molecule has 7 heteroatoms. The number of piperidine rings is 1. The third-order valence-corrected chi connectivity index (χ3v) is 6.36. The topological polar surface area (TPSA) is 76.5 Å². The normalized spacial score (nSPS) is 17.5. The molecule has 2 aliphatic rings. The van der Waals surface area contributed by atoms with Crippen molar-refractivity contribution in [1.29, 1.82) is 0 Å². The number of carbonyl (C=O) groups excluding carboxylic acids is 2. The molecule has 1 aromatic carbocycles. The molecule has 2 amide bonds. The first-order chi connectivity index (χ1) is 14.5. The summed E-state index contributed by atoms with van der Waals surface area (Å²) in [4.78, 5) is 27.3. The summed E-state index contributed by atoms with van der Waals surface area (Å²) in [6.45, 7) is 1.64. The Morgan fingerprint density at radius 3 is 2.43 bits per heavy atom. The van der Waals surface area contributed by atoms with E-state index in [0.717, 1.165) is 62.3 Å². The molecule has 0 unspecified atom stereocenters. The van der Waals surface area contributed by atoms with Gasteiger partial charge in [0, 0.05) is 37.9 Å². The zero-order valence-electron chi connectivity index (χ0n) is 17.8. The van der Waals surface area contributed by atoms with E-state index in [2.05, 4.69) is 10.4 Å². The van der Waals surface area contributed by atoms with Crippen LogP contribution in [0, 0.1) is 11.8 Å². The molecule has 2 heterocycles. The maximum absolute atomic E-state index is 12.9. The summed E-state index contributed by atoms with van der Waals surface area (Å²) >= 11 is 0. The van der Waals surface area contributed by atoms with Gasteiger partial charge < -0.3 is 15.0 Å². The lowest BCUT2D eigenvalue weighted by molar-refractivity contribution is -0.139. The van der Waals surface area contributed by atoms with Gasteiger partial charge in [-0.25, -0.2) is 0 Å². The van der Waals surface area contributed by atoms with Gasteiger partial charge >= 0.3 is 0 Å². The minimum Gasteiger partial charge on any atom is -0.497 e. The number of aromatic nitrogens is 2. The van der Waals surface area contributed by atoms with E-state index in [4.69, 9.17) is 4.74 Å². The number of anilines is 1. The molecule has 1 aliphatic heterocycles. The van der Waals surface area contributed by atoms with E-state index < -0.39 is 0 Å². The molecular weight excluding hydrogens is 380 g/mol. The molecule has 30 heavy (non-hydrogen) atoms. The van der Waals surface area contributed by atoms with E-state index in [-0.39, 0.29) is 11.8 Å². The van der Waals surface area contributed by atoms with Gasteiger partial charge in [0.25, 0.3) is 5.91 Å². The highest BCUT2D eigenvalue weighted by Gasteiger charge is 2.32. The summed E-state index contributed by atoms with van der Waals surface area (Å²) in [7, 11) is 3.46. The molecule has 1 saturated heterocycles. The molecule has 0 radical (unpaired) electrons. The van der Waals surface area contributed by atoms with E-state index in [0.29, 0.717) is 17.4 Å². The molecule has 1 aromatic heterocycles. The van der Waals surface area contributed by atoms with Gasteiger partial charge in [-0.2, -0.15) is 5.10 Å². The number of hydrogen-bond acceptors (Lipinski definition) is 4. The second-order valence-corrected chi connectivity index (χ2v) is 8.45. The summed E-state index contributed by atoms with van der Waals surface area (Å²) in [6.07, 6.45) is 7.77. The monoisotopic (exact) mass is 410 g/mol. The summed E-state index contributed by atoms with van der Waals surface area (Å²) in [5.74, 6) is 1.65. The Labute approximate surface area is 177 Å². The van der Waals surface area contributed by atoms with Crippen molar-refractivity contribution in [3.63, 3.8) is 0 Å². The zero-order chi connectivity index (χ0) is 21.1. The van der Waals surface area contributed by atoms with Crippen LogP contribution in [0.3, 0.4) is 0 Å². The van der Waals surface area contributed by atoms with Crippen LogP contribution in [0.2, 0.25) is 0 Å². The van der Waals surface area contributed by atoms with Crippen molar-refractivity contribution in [3.05, 3.63) is 41.7 Å². The number of likely N-dealkylation sites (tertiary alicyclic amines) is 1. The van der Waals surface area contributed by atoms with Gasteiger partial charge in [-0.05, 0) is 62.3 Å². The predicted octanol–water partition coefficient (Wildman–Crippen LogP) is 3.26. The van der Waals surface area contributed by atoms with Gasteiger partial charge in [-0.15, -0.1) is 0 Å². The van der Waals surface area contributed by atoms with Crippen molar-refractivity contribution in [3.8, 4) is 5.75 Å². The van der Waals surface area contributed by atoms with Crippen LogP contribution in [-0.4, -0.2) is 46.7 Å². The predicted molar refractivity (Wildman–Crippen MR) is 115 cm³/mol. The Morgan fingerprint density at radius 2 is 1.83 bits per heavy atom. The van der Waals surface area contributed by atoms with Crippen LogP contribution in [0.15, 0.2) is 30.5 Å². The van der Waals surface area contributed by atoms with E-state index >= 15 is 0 Å². The lowest BCUT2D eigenvalue weighted by atomic mass is 9.83. The van der Waals surface area contributed by atoms with Crippen LogP contribution in [0.1, 0.15) is 48.2 Å². The molecule has 1 N–H and O–H groups in total. The van der Waals surface area contributed by atoms with Crippen LogP contribution >= 0.6 is 0 Å². The SMILES string of the molecule is COc1ccc(NC(=O)c2cn(C)nc2CC2CCN(C(=O)C3CCC3)CC2)cc1. The molecule has 2 aromatic rings. The number of amides is 2. The van der Waals surface area contributed by atoms with E-state index in [1.807, 2.05) is 36.2 Å². The number of ether oxygens (including phenoxy) is 1. The highest BCUT2D eigenvalue weighted by atomic mass is 16.5. The second kappa shape index (κ2) is 8.90. The average Bonchev–Trinajstić information content (AvgIpc) is 3.08. The van der Waals surface area contributed by atoms with Crippen LogP contribution in [-0.2, 0) is 18.3 Å². The quantitative estimate of drug-likeness (QED) is 0.793. The van der Waals surface area contributed by atoms with Crippen LogP contribution in [0.5, 0.6) is 5.75 Å². The molecule has 4 rings (SSSR count). The van der Waals surface area contributed by atoms with Crippen LogP contribution in [0.4, 0.5) is 5.69 Å². The fourth-order valence-electron chi connectivity index (χ4n) is 4.29. The summed E-state index contributed by atoms with van der Waals surface area (Å²) in [6, 6.07) is 7.28. The van der Waals surface area contributed by atoms with Crippen molar-refractivity contribution < 1.29 is 14.3 Å². The van der Waals surface area contributed by atoms with Gasteiger partial charge in [0.2, 0.25) is 5.91 Å². The molecule has 160 valence electrons. The van der Waals surface area contributed by atoms with Gasteiger partial charge in [0.05, 0.1) is 18.4 Å². The maximum atomic E-state index is 12.9. The first-order valence-corrected chi connectivity index (χ1v) is 10.8. The van der Waals surface area contributed by atoms with Crippen LogP contribution < -0.4 is 10.1 Å². The second-order valence-electron chi connectivity index (χ2n) is 8.45. The molecule has 0 bridgehead atoms. The molecule has 0 atom stereocenters. The van der Waals surface area contributed by atoms with Crippen molar-refractivity contribution in [1.82, 2.24) is 14.7 Å². The highest BCUT2D eigenvalue weighted by Crippen LogP contribution is 2.31. The first kappa shape index (κ1) is 20.4. The lowest BCUT2D eigenvalue weighted by Crippen LogP contribution is -2.43. The van der Waals surface area contributed by atoms with E-state index in [9.17, 15) is 9.59 Å². The van der Waals surface area contributed by atoms with Gasteiger partial charge in [-0.3, -0.25) is 14.3 Å². The number of carbonyl (C=O) groups is 2. The molecule has 1 saturated carbocycles. The third kappa shape index (κ3) is 4.50. The minimum absolute atomic E-state index is 0.152. The highest BCUT2D eigenvalue weighted by molar-refractivity contribution is 6.05. The van der Waals surface area contributed by atoms with Crippen molar-refractivity contribution in [2.75, 3.05) is 25.5 Å². The molecular formula is C23H30N4O3. The van der Waals surface area contributed by atoms with Crippen LogP contribution in [0.25, 0.3) is 0 Å². The van der Waals surface area contributed by atoms with Crippen molar-refractivity contribution >= 4 is 17.5 Å². The third-order valence-electron chi connectivity index (χ3n) is 6.36. The fraction of sp³-hybridized carbons (Fsp3) is 0.522. The Kier molecular flexibility index (Phi) is 6.06. The zero-order valence-corrected chi connectivity index (χ0v) is 17.8. The van der Waals surface area contributed by atoms with Gasteiger partial charge in [-0.1, -0.05) is 6.42 Å². The molecule has 1 aliphatic carbocycles. The number of aryl methyl sites for hydroxylation is 1. The number of nitrogens with one attached hydrogen (secondary N) is 1. The van der Waals surface area contributed by atoms with Gasteiger partial charge in [0.15, 0.2) is 0 Å². The smallest absolute Gasteiger partial charge is 0.259 e. The number of hydrogen-bond donors (Lipinski definition) is 1. The first-order valence-electron chi connectivity index (χ1n) is 10.8. The Morgan fingerprint density at radius 1 is 1.13 bits per heavy atom. The van der Waals surface area contributed by atoms with Crippen molar-refractivity contribution in [2.45, 2.75) is 38.5 Å². The largest absolute Gasteiger partial charge is 0.497 e. The Bertz CT molecular complexity index is 894. The number of nitrogens with zero attached hydrogens (tertiary/aromatic N) is 3. The molecule has 7 nitrogen and oxygen atoms in total. The van der Waals surface area contributed by atoms with Crippen molar-refractivity contribution in [2.24, 2.45) is 18.9 Å². The number of methoxy groups -OCH3 is 1. The molecule has 2 fully saturated rings. The summed E-state index contributed by atoms with van der Waals surface area (Å²) in [5, 5.41) is 7.50. The average molecular weight is 411 g/mol. The Balaban J connectivity index is 1.36. The minimum atomic E-state index is -0.152. The lowest BCUT2D eigenvalue weighted by Gasteiger charge is -2.36. The van der Waals surface area contributed by atoms with E-state index in [1.54, 1.807) is 18.0 Å². The Hall–Kier alpha value is -2.83. The summed E-state index contributed by atoms with van der Waals surface area (Å²) in [5.41, 5.74) is 2.16. The summed E-state index contributed by atoms with van der Waals surface area (Å²) < 4.78 is 6.86.